The molecule has 0 saturated carbocycles. The minimum absolute atomic E-state index is 0.0260. The number of nitrogen functional groups attached to an aromatic ring is 1. The van der Waals surface area contributed by atoms with E-state index in [1.54, 1.807) is 7.11 Å². The Morgan fingerprint density at radius 3 is 2.48 bits per heavy atom. The van der Waals surface area contributed by atoms with E-state index in [4.69, 9.17) is 15.2 Å². The minimum Gasteiger partial charge on any atom is -0.496 e. The summed E-state index contributed by atoms with van der Waals surface area (Å²) in [5, 5.41) is 2.48. The van der Waals surface area contributed by atoms with Crippen molar-refractivity contribution in [1.82, 2.24) is 9.97 Å². The van der Waals surface area contributed by atoms with E-state index in [1.807, 2.05) is 26.0 Å². The number of carbonyl (C=O) groups is 2. The lowest BCUT2D eigenvalue weighted by Crippen LogP contribution is -2.16. The molecule has 0 aliphatic rings. The highest BCUT2D eigenvalue weighted by Crippen LogP contribution is 2.37. The Morgan fingerprint density at radius 1 is 1.17 bits per heavy atom. The molecule has 10 heteroatoms. The van der Waals surface area contributed by atoms with Crippen LogP contribution in [-0.4, -0.2) is 36.1 Å². The second-order valence-electron chi connectivity index (χ2n) is 6.35. The van der Waals surface area contributed by atoms with E-state index in [9.17, 15) is 9.59 Å². The number of hydrogen-bond acceptors (Lipinski definition) is 8. The van der Waals surface area contributed by atoms with Crippen molar-refractivity contribution in [2.45, 2.75) is 32.6 Å². The van der Waals surface area contributed by atoms with Gasteiger partial charge in [0.1, 0.15) is 11.5 Å². The molecule has 0 radical (unpaired) electrons. The van der Waals surface area contributed by atoms with E-state index in [1.165, 1.54) is 13.3 Å². The van der Waals surface area contributed by atoms with Gasteiger partial charge in [-0.3, -0.25) is 14.9 Å². The molecule has 0 aliphatic heterocycles. The number of benzene rings is 1. The third kappa shape index (κ3) is 6.17. The van der Waals surface area contributed by atoms with Crippen molar-refractivity contribution in [2.75, 3.05) is 25.3 Å². The first-order valence-electron chi connectivity index (χ1n) is 8.79. The van der Waals surface area contributed by atoms with Gasteiger partial charge in [-0.15, -0.1) is 0 Å². The molecule has 0 fully saturated rings. The number of nitrogens with zero attached hydrogens (tertiary/aromatic N) is 2. The molecule has 29 heavy (non-hydrogen) atoms. The molecule has 0 spiro atoms. The predicted molar refractivity (Wildman–Crippen MR) is 116 cm³/mol. The van der Waals surface area contributed by atoms with Gasteiger partial charge in [-0.2, -0.15) is 4.98 Å². The van der Waals surface area contributed by atoms with E-state index >= 15 is 0 Å². The third-order valence-corrected chi connectivity index (χ3v) is 4.79. The minimum atomic E-state index is -0.473. The van der Waals surface area contributed by atoms with Crippen LogP contribution in [0.25, 0.3) is 0 Å². The highest BCUT2D eigenvalue weighted by molar-refractivity contribution is 14.1. The Morgan fingerprint density at radius 2 is 1.90 bits per heavy atom. The molecular formula is C19H23IN4O5. The fourth-order valence-electron chi connectivity index (χ4n) is 2.39. The maximum Gasteiger partial charge on any atom is 0.306 e. The summed E-state index contributed by atoms with van der Waals surface area (Å²) in [4.78, 5) is 31.1. The summed E-state index contributed by atoms with van der Waals surface area (Å²) in [6.07, 6.45) is 1.31. The summed E-state index contributed by atoms with van der Waals surface area (Å²) in [7, 11) is 2.88. The number of nitrogens with one attached hydrogen (secondary N) is 1. The molecule has 0 unspecified atom stereocenters. The maximum absolute atomic E-state index is 11.9. The molecule has 0 saturated heterocycles. The third-order valence-electron chi connectivity index (χ3n) is 3.94. The van der Waals surface area contributed by atoms with E-state index < -0.39 is 11.9 Å². The fourth-order valence-corrected chi connectivity index (χ4v) is 3.05. The van der Waals surface area contributed by atoms with Crippen LogP contribution in [0.4, 0.5) is 11.8 Å². The van der Waals surface area contributed by atoms with Crippen molar-refractivity contribution < 1.29 is 23.8 Å². The van der Waals surface area contributed by atoms with Gasteiger partial charge in [0, 0.05) is 12.0 Å². The smallest absolute Gasteiger partial charge is 0.306 e. The van der Waals surface area contributed by atoms with Crippen molar-refractivity contribution in [3.8, 4) is 17.2 Å². The fraction of sp³-hybridized carbons (Fsp3) is 0.368. The van der Waals surface area contributed by atoms with Crippen LogP contribution in [0.2, 0.25) is 0 Å². The molecule has 1 aromatic heterocycles. The quantitative estimate of drug-likeness (QED) is 0.405. The molecule has 1 amide bonds. The lowest BCUT2D eigenvalue weighted by atomic mass is 10.0. The zero-order valence-corrected chi connectivity index (χ0v) is 18.8. The molecule has 1 aromatic carbocycles. The van der Waals surface area contributed by atoms with Gasteiger partial charge >= 0.3 is 5.97 Å². The predicted octanol–water partition coefficient (Wildman–Crippen LogP) is 3.48. The second kappa shape index (κ2) is 10.2. The van der Waals surface area contributed by atoms with Crippen molar-refractivity contribution in [3.05, 3.63) is 27.5 Å². The topological polar surface area (TPSA) is 126 Å². The second-order valence-corrected chi connectivity index (χ2v) is 7.51. The molecule has 9 nitrogen and oxygen atoms in total. The van der Waals surface area contributed by atoms with Crippen LogP contribution in [0, 0.1) is 3.57 Å². The van der Waals surface area contributed by atoms with E-state index in [2.05, 4.69) is 42.6 Å². The van der Waals surface area contributed by atoms with Gasteiger partial charge in [-0.1, -0.05) is 13.8 Å². The first kappa shape index (κ1) is 22.7. The van der Waals surface area contributed by atoms with Crippen LogP contribution in [-0.2, 0) is 14.3 Å². The molecule has 156 valence electrons. The summed E-state index contributed by atoms with van der Waals surface area (Å²) < 4.78 is 16.7. The Kier molecular flexibility index (Phi) is 8.00. The molecule has 1 heterocycles. The average molecular weight is 514 g/mol. The van der Waals surface area contributed by atoms with E-state index in [0.717, 1.165) is 14.9 Å². The summed E-state index contributed by atoms with van der Waals surface area (Å²) in [6.45, 7) is 4.09. The lowest BCUT2D eigenvalue weighted by Gasteiger charge is -2.17. The number of amides is 1. The number of aromatic nitrogens is 2. The van der Waals surface area contributed by atoms with Gasteiger partial charge < -0.3 is 19.9 Å². The number of esters is 1. The number of hydrogen-bond donors (Lipinski definition) is 2. The number of anilines is 2. The highest BCUT2D eigenvalue weighted by atomic mass is 127. The Balaban J connectivity index is 2.16. The van der Waals surface area contributed by atoms with Crippen molar-refractivity contribution in [1.29, 1.82) is 0 Å². The zero-order chi connectivity index (χ0) is 21.6. The van der Waals surface area contributed by atoms with Crippen molar-refractivity contribution >= 4 is 46.2 Å². The summed E-state index contributed by atoms with van der Waals surface area (Å²) in [5.74, 6) is 1.04. The molecule has 0 atom stereocenters. The molecule has 0 bridgehead atoms. The number of methoxy groups -OCH3 is 2. The monoisotopic (exact) mass is 514 g/mol. The van der Waals surface area contributed by atoms with Crippen LogP contribution in [0.5, 0.6) is 17.2 Å². The van der Waals surface area contributed by atoms with Gasteiger partial charge in [0.05, 0.1) is 30.4 Å². The standard InChI is InChI=1S/C19H23IN4O5/c1-10(2)11-7-14(27-3)12(20)8-13(11)29-15-9-22-19(24-18(15)21)23-16(25)5-6-17(26)28-4/h7-10H,5-6H2,1-4H3,(H3,21,22,23,24,25). The zero-order valence-electron chi connectivity index (χ0n) is 16.6. The maximum atomic E-state index is 11.9. The SMILES string of the molecule is COC(=O)CCC(=O)Nc1ncc(Oc2cc(I)c(OC)cc2C(C)C)c(N)n1. The van der Waals surface area contributed by atoms with Crippen LogP contribution < -0.4 is 20.5 Å². The Bertz CT molecular complexity index is 904. The largest absolute Gasteiger partial charge is 0.496 e. The number of halogens is 1. The van der Waals surface area contributed by atoms with Gasteiger partial charge in [0.25, 0.3) is 0 Å². The lowest BCUT2D eigenvalue weighted by molar-refractivity contribution is -0.141. The molecule has 3 N–H and O–H groups in total. The van der Waals surface area contributed by atoms with Crippen LogP contribution >= 0.6 is 22.6 Å². The van der Waals surface area contributed by atoms with Gasteiger partial charge in [-0.05, 0) is 40.6 Å². The van der Waals surface area contributed by atoms with Crippen molar-refractivity contribution in [3.63, 3.8) is 0 Å². The van der Waals surface area contributed by atoms with Gasteiger partial charge in [0.2, 0.25) is 11.9 Å². The highest BCUT2D eigenvalue weighted by Gasteiger charge is 2.16. The van der Waals surface area contributed by atoms with Crippen LogP contribution in [0.3, 0.4) is 0 Å². The summed E-state index contributed by atoms with van der Waals surface area (Å²) in [5.41, 5.74) is 6.93. The number of ether oxygens (including phenoxy) is 3. The number of carbonyl (C=O) groups excluding carboxylic acids is 2. The van der Waals surface area contributed by atoms with Crippen molar-refractivity contribution in [2.24, 2.45) is 0 Å². The van der Waals surface area contributed by atoms with Gasteiger partial charge in [-0.25, -0.2) is 4.98 Å². The first-order chi connectivity index (χ1) is 13.7. The molecule has 2 rings (SSSR count). The van der Waals surface area contributed by atoms with E-state index in [0.29, 0.717) is 5.75 Å². The van der Waals surface area contributed by atoms with Gasteiger partial charge in [0.15, 0.2) is 11.6 Å². The average Bonchev–Trinajstić information content (AvgIpc) is 2.68. The first-order valence-corrected chi connectivity index (χ1v) is 9.87. The van der Waals surface area contributed by atoms with Crippen LogP contribution in [0.15, 0.2) is 18.3 Å². The summed E-state index contributed by atoms with van der Waals surface area (Å²) in [6, 6.07) is 3.78. The Labute approximate surface area is 182 Å². The number of nitrogens with two attached hydrogens (primary N) is 1. The molecule has 2 aromatic rings. The summed E-state index contributed by atoms with van der Waals surface area (Å²) >= 11 is 2.16. The molecular weight excluding hydrogens is 491 g/mol. The normalized spacial score (nSPS) is 10.6. The Hall–Kier alpha value is -2.63. The van der Waals surface area contributed by atoms with E-state index in [-0.39, 0.29) is 36.3 Å². The number of rotatable bonds is 8. The molecule has 0 aliphatic carbocycles. The van der Waals surface area contributed by atoms with Crippen LogP contribution in [0.1, 0.15) is 38.2 Å².